The van der Waals surface area contributed by atoms with Crippen LogP contribution in [0.25, 0.3) is 0 Å². The third kappa shape index (κ3) is 3.33. The summed E-state index contributed by atoms with van der Waals surface area (Å²) in [5, 5.41) is 8.95. The maximum Gasteiger partial charge on any atom is 0.272 e. The van der Waals surface area contributed by atoms with Crippen molar-refractivity contribution in [2.24, 2.45) is 0 Å². The zero-order valence-electron chi connectivity index (χ0n) is 9.92. The summed E-state index contributed by atoms with van der Waals surface area (Å²) in [6, 6.07) is 4.69. The number of halogens is 1. The fraction of sp³-hybridized carbons (Fsp3) is 0.182. The zero-order chi connectivity index (χ0) is 14.0. The third-order valence-corrected chi connectivity index (χ3v) is 6.09. The van der Waals surface area contributed by atoms with Crippen molar-refractivity contribution in [2.45, 2.75) is 17.7 Å². The Morgan fingerprint density at radius 1 is 1.47 bits per heavy atom. The van der Waals surface area contributed by atoms with Gasteiger partial charge in [0.15, 0.2) is 0 Å². The first-order valence-corrected chi connectivity index (χ1v) is 8.36. The van der Waals surface area contributed by atoms with Gasteiger partial charge in [0.2, 0.25) is 0 Å². The fourth-order valence-electron chi connectivity index (χ4n) is 1.37. The Morgan fingerprint density at radius 2 is 2.21 bits per heavy atom. The molecule has 0 amide bonds. The SMILES string of the molecule is Cc1cc(NS(=O)(=O)c2ccc(CO)s2)ncc1Br. The predicted molar refractivity (Wildman–Crippen MR) is 77.7 cm³/mol. The first kappa shape index (κ1) is 14.4. The van der Waals surface area contributed by atoms with Gasteiger partial charge in [0.05, 0.1) is 6.61 Å². The Kier molecular flexibility index (Phi) is 4.24. The summed E-state index contributed by atoms with van der Waals surface area (Å²) in [5.74, 6) is 0.264. The molecule has 0 aliphatic rings. The number of aliphatic hydroxyl groups excluding tert-OH is 1. The number of nitrogens with one attached hydrogen (secondary N) is 1. The van der Waals surface area contributed by atoms with Gasteiger partial charge in [0, 0.05) is 15.5 Å². The molecule has 102 valence electrons. The Labute approximate surface area is 123 Å². The molecule has 2 aromatic rings. The molecule has 0 atom stereocenters. The van der Waals surface area contributed by atoms with Gasteiger partial charge in [-0.25, -0.2) is 13.4 Å². The van der Waals surface area contributed by atoms with Gasteiger partial charge >= 0.3 is 0 Å². The summed E-state index contributed by atoms with van der Waals surface area (Å²) in [6.45, 7) is 1.67. The highest BCUT2D eigenvalue weighted by Crippen LogP contribution is 2.24. The van der Waals surface area contributed by atoms with E-state index in [1.807, 2.05) is 6.92 Å². The van der Waals surface area contributed by atoms with E-state index in [-0.39, 0.29) is 16.6 Å². The Hall–Kier alpha value is -0.960. The molecule has 0 aliphatic carbocycles. The number of aryl methyl sites for hydroxylation is 1. The zero-order valence-corrected chi connectivity index (χ0v) is 13.1. The largest absolute Gasteiger partial charge is 0.391 e. The molecule has 0 fully saturated rings. The molecule has 5 nitrogen and oxygen atoms in total. The van der Waals surface area contributed by atoms with E-state index in [1.54, 1.807) is 18.3 Å². The molecule has 0 saturated heterocycles. The maximum absolute atomic E-state index is 12.1. The van der Waals surface area contributed by atoms with E-state index >= 15 is 0 Å². The summed E-state index contributed by atoms with van der Waals surface area (Å²) in [4.78, 5) is 4.59. The summed E-state index contributed by atoms with van der Waals surface area (Å²) in [7, 11) is -3.65. The van der Waals surface area contributed by atoms with E-state index in [2.05, 4.69) is 25.6 Å². The Bertz CT molecular complexity index is 698. The maximum atomic E-state index is 12.1. The molecule has 0 saturated carbocycles. The van der Waals surface area contributed by atoms with Crippen LogP contribution in [-0.4, -0.2) is 18.5 Å². The molecular weight excluding hydrogens is 352 g/mol. The first-order chi connectivity index (χ1) is 8.92. The van der Waals surface area contributed by atoms with Crippen molar-refractivity contribution in [3.05, 3.63) is 39.3 Å². The van der Waals surface area contributed by atoms with E-state index in [1.165, 1.54) is 6.07 Å². The van der Waals surface area contributed by atoms with Crippen molar-refractivity contribution >= 4 is 43.1 Å². The van der Waals surface area contributed by atoms with Crippen molar-refractivity contribution < 1.29 is 13.5 Å². The van der Waals surface area contributed by atoms with Crippen LogP contribution in [0.1, 0.15) is 10.4 Å². The van der Waals surface area contributed by atoms with E-state index in [0.717, 1.165) is 21.4 Å². The second kappa shape index (κ2) is 5.58. The van der Waals surface area contributed by atoms with Crippen LogP contribution in [0.3, 0.4) is 0 Å². The molecule has 2 aromatic heterocycles. The van der Waals surface area contributed by atoms with E-state index in [9.17, 15) is 8.42 Å². The molecule has 2 heterocycles. The van der Waals surface area contributed by atoms with E-state index < -0.39 is 10.0 Å². The standard InChI is InChI=1S/C11H11BrN2O3S2/c1-7-4-10(13-5-9(7)12)14-19(16,17)11-3-2-8(6-15)18-11/h2-5,15H,6H2,1H3,(H,13,14). The van der Waals surface area contributed by atoms with Crippen molar-refractivity contribution in [2.75, 3.05) is 4.72 Å². The van der Waals surface area contributed by atoms with Gasteiger partial charge in [0.25, 0.3) is 10.0 Å². The first-order valence-electron chi connectivity index (χ1n) is 5.27. The van der Waals surface area contributed by atoms with Crippen LogP contribution in [0.5, 0.6) is 0 Å². The van der Waals surface area contributed by atoms with Crippen LogP contribution >= 0.6 is 27.3 Å². The van der Waals surface area contributed by atoms with Gasteiger partial charge in [-0.15, -0.1) is 11.3 Å². The van der Waals surface area contributed by atoms with Gasteiger partial charge in [-0.05, 0) is 46.6 Å². The minimum atomic E-state index is -3.65. The molecule has 0 aliphatic heterocycles. The molecule has 19 heavy (non-hydrogen) atoms. The Balaban J connectivity index is 2.28. The summed E-state index contributed by atoms with van der Waals surface area (Å²) in [5.41, 5.74) is 0.884. The summed E-state index contributed by atoms with van der Waals surface area (Å²) >= 11 is 4.33. The van der Waals surface area contributed by atoms with Crippen LogP contribution in [-0.2, 0) is 16.6 Å². The van der Waals surface area contributed by atoms with Crippen LogP contribution in [0.2, 0.25) is 0 Å². The monoisotopic (exact) mass is 362 g/mol. The molecule has 0 aromatic carbocycles. The van der Waals surface area contributed by atoms with Crippen LogP contribution in [0.4, 0.5) is 5.82 Å². The summed E-state index contributed by atoms with van der Waals surface area (Å²) in [6.07, 6.45) is 1.54. The number of anilines is 1. The van der Waals surface area contributed by atoms with Gasteiger partial charge < -0.3 is 5.11 Å². The second-order valence-corrected chi connectivity index (χ2v) is 7.73. The van der Waals surface area contributed by atoms with Crippen LogP contribution in [0.15, 0.2) is 33.1 Å². The second-order valence-electron chi connectivity index (χ2n) is 3.80. The number of sulfonamides is 1. The number of nitrogens with zero attached hydrogens (tertiary/aromatic N) is 1. The number of aromatic nitrogens is 1. The highest BCUT2D eigenvalue weighted by Gasteiger charge is 2.17. The normalized spacial score (nSPS) is 11.5. The van der Waals surface area contributed by atoms with Gasteiger partial charge in [-0.2, -0.15) is 0 Å². The van der Waals surface area contributed by atoms with Gasteiger partial charge in [-0.3, -0.25) is 4.72 Å². The smallest absolute Gasteiger partial charge is 0.272 e. The Morgan fingerprint density at radius 3 is 2.79 bits per heavy atom. The van der Waals surface area contributed by atoms with E-state index in [0.29, 0.717) is 4.88 Å². The third-order valence-electron chi connectivity index (χ3n) is 2.34. The number of rotatable bonds is 4. The summed E-state index contributed by atoms with van der Waals surface area (Å²) < 4.78 is 27.6. The minimum Gasteiger partial charge on any atom is -0.391 e. The average Bonchev–Trinajstić information content (AvgIpc) is 2.83. The fourth-order valence-corrected chi connectivity index (χ4v) is 3.80. The van der Waals surface area contributed by atoms with Crippen molar-refractivity contribution in [3.8, 4) is 0 Å². The van der Waals surface area contributed by atoms with Crippen LogP contribution in [0, 0.1) is 6.92 Å². The molecule has 8 heteroatoms. The molecule has 2 rings (SSSR count). The quantitative estimate of drug-likeness (QED) is 0.875. The van der Waals surface area contributed by atoms with Crippen molar-refractivity contribution in [1.29, 1.82) is 0 Å². The highest BCUT2D eigenvalue weighted by molar-refractivity contribution is 9.10. The number of thiophene rings is 1. The molecule has 0 radical (unpaired) electrons. The van der Waals surface area contributed by atoms with Gasteiger partial charge in [-0.1, -0.05) is 0 Å². The number of pyridine rings is 1. The lowest BCUT2D eigenvalue weighted by atomic mass is 10.3. The lowest BCUT2D eigenvalue weighted by Crippen LogP contribution is -2.12. The minimum absolute atomic E-state index is 0.152. The highest BCUT2D eigenvalue weighted by atomic mass is 79.9. The average molecular weight is 363 g/mol. The van der Waals surface area contributed by atoms with Gasteiger partial charge in [0.1, 0.15) is 10.0 Å². The van der Waals surface area contributed by atoms with Crippen molar-refractivity contribution in [3.63, 3.8) is 0 Å². The molecular formula is C11H11BrN2O3S2. The lowest BCUT2D eigenvalue weighted by Gasteiger charge is -2.06. The predicted octanol–water partition coefficient (Wildman–Crippen LogP) is 2.51. The molecule has 0 bridgehead atoms. The number of hydrogen-bond acceptors (Lipinski definition) is 5. The number of aliphatic hydroxyl groups is 1. The molecule has 0 unspecified atom stereocenters. The lowest BCUT2D eigenvalue weighted by molar-refractivity contribution is 0.285. The van der Waals surface area contributed by atoms with Crippen molar-refractivity contribution in [1.82, 2.24) is 4.98 Å². The number of hydrogen-bond donors (Lipinski definition) is 2. The van der Waals surface area contributed by atoms with E-state index in [4.69, 9.17) is 5.11 Å². The topological polar surface area (TPSA) is 79.3 Å². The molecule has 2 N–H and O–H groups in total. The van der Waals surface area contributed by atoms with Crippen LogP contribution < -0.4 is 4.72 Å². The molecule has 0 spiro atoms.